The van der Waals surface area contributed by atoms with Gasteiger partial charge in [0.2, 0.25) is 0 Å². The Kier molecular flexibility index (Phi) is 3.77. The van der Waals surface area contributed by atoms with Crippen molar-refractivity contribution < 1.29 is 0 Å². The van der Waals surface area contributed by atoms with Crippen molar-refractivity contribution in [1.82, 2.24) is 0 Å². The molecule has 88 valence electrons. The van der Waals surface area contributed by atoms with E-state index in [9.17, 15) is 0 Å². The van der Waals surface area contributed by atoms with Crippen molar-refractivity contribution in [3.05, 3.63) is 23.8 Å². The minimum atomic E-state index is 0.634. The normalized spacial score (nSPS) is 20.4. The standard InChI is InChI=1S/C13H20N2S/c1-10-5-4-8-15(10)12-6-3-7-13(16-2)11(12)9-14/h3,6-7,10H,4-5,8-9,14H2,1-2H3. The van der Waals surface area contributed by atoms with E-state index < -0.39 is 0 Å². The summed E-state index contributed by atoms with van der Waals surface area (Å²) in [7, 11) is 0. The molecule has 1 atom stereocenters. The molecule has 1 aliphatic rings. The lowest BCUT2D eigenvalue weighted by Crippen LogP contribution is -2.27. The number of benzene rings is 1. The third-order valence-corrected chi connectivity index (χ3v) is 4.22. The van der Waals surface area contributed by atoms with Crippen LogP contribution in [-0.4, -0.2) is 18.8 Å². The molecule has 1 heterocycles. The van der Waals surface area contributed by atoms with Gasteiger partial charge in [-0.2, -0.15) is 0 Å². The van der Waals surface area contributed by atoms with Gasteiger partial charge in [-0.3, -0.25) is 0 Å². The molecule has 0 bridgehead atoms. The lowest BCUT2D eigenvalue weighted by molar-refractivity contribution is 0.730. The van der Waals surface area contributed by atoms with E-state index >= 15 is 0 Å². The third kappa shape index (κ3) is 2.06. The zero-order valence-corrected chi connectivity index (χ0v) is 10.9. The van der Waals surface area contributed by atoms with E-state index in [1.54, 1.807) is 11.8 Å². The summed E-state index contributed by atoms with van der Waals surface area (Å²) in [6.07, 6.45) is 4.72. The molecule has 0 amide bonds. The van der Waals surface area contributed by atoms with Crippen molar-refractivity contribution in [2.24, 2.45) is 5.73 Å². The minimum absolute atomic E-state index is 0.634. The van der Waals surface area contributed by atoms with E-state index in [1.807, 2.05) is 0 Å². The molecule has 2 nitrogen and oxygen atoms in total. The highest BCUT2D eigenvalue weighted by molar-refractivity contribution is 7.98. The van der Waals surface area contributed by atoms with Crippen LogP contribution >= 0.6 is 11.8 Å². The van der Waals surface area contributed by atoms with E-state index in [0.717, 1.165) is 0 Å². The van der Waals surface area contributed by atoms with Crippen LogP contribution in [0, 0.1) is 0 Å². The van der Waals surface area contributed by atoms with Gasteiger partial charge in [0.25, 0.3) is 0 Å². The second-order valence-electron chi connectivity index (χ2n) is 4.35. The van der Waals surface area contributed by atoms with Gasteiger partial charge in [0, 0.05) is 35.3 Å². The highest BCUT2D eigenvalue weighted by Gasteiger charge is 2.22. The van der Waals surface area contributed by atoms with Crippen molar-refractivity contribution in [2.45, 2.75) is 37.2 Å². The maximum Gasteiger partial charge on any atom is 0.0425 e. The molecule has 1 aromatic carbocycles. The summed E-state index contributed by atoms with van der Waals surface area (Å²) in [5.74, 6) is 0. The van der Waals surface area contributed by atoms with Crippen LogP contribution in [0.4, 0.5) is 5.69 Å². The monoisotopic (exact) mass is 236 g/mol. The van der Waals surface area contributed by atoms with Crippen molar-refractivity contribution in [1.29, 1.82) is 0 Å². The van der Waals surface area contributed by atoms with Gasteiger partial charge in [-0.1, -0.05) is 6.07 Å². The van der Waals surface area contributed by atoms with Crippen molar-refractivity contribution in [3.8, 4) is 0 Å². The zero-order chi connectivity index (χ0) is 11.5. The topological polar surface area (TPSA) is 29.3 Å². The summed E-state index contributed by atoms with van der Waals surface area (Å²) in [6.45, 7) is 4.11. The average Bonchev–Trinajstić information content (AvgIpc) is 2.74. The first-order valence-corrected chi connectivity index (χ1v) is 7.13. The summed E-state index contributed by atoms with van der Waals surface area (Å²) < 4.78 is 0. The molecule has 0 aliphatic carbocycles. The molecule has 2 N–H and O–H groups in total. The highest BCUT2D eigenvalue weighted by Crippen LogP contribution is 2.33. The number of hydrogen-bond donors (Lipinski definition) is 1. The first-order chi connectivity index (χ1) is 7.77. The van der Waals surface area contributed by atoms with Gasteiger partial charge >= 0.3 is 0 Å². The molecule has 0 aromatic heterocycles. The van der Waals surface area contributed by atoms with E-state index in [1.165, 1.54) is 35.5 Å². The summed E-state index contributed by atoms with van der Waals surface area (Å²) in [4.78, 5) is 3.82. The lowest BCUT2D eigenvalue weighted by Gasteiger charge is -2.27. The molecule has 1 fully saturated rings. The molecule has 2 rings (SSSR count). The SMILES string of the molecule is CSc1cccc(N2CCCC2C)c1CN. The molecular weight excluding hydrogens is 216 g/mol. The number of nitrogens with zero attached hydrogens (tertiary/aromatic N) is 1. The number of thioether (sulfide) groups is 1. The summed E-state index contributed by atoms with van der Waals surface area (Å²) >= 11 is 1.79. The fourth-order valence-electron chi connectivity index (χ4n) is 2.51. The lowest BCUT2D eigenvalue weighted by atomic mass is 10.1. The number of rotatable bonds is 3. The Morgan fingerprint density at radius 2 is 2.31 bits per heavy atom. The minimum Gasteiger partial charge on any atom is -0.369 e. The molecular formula is C13H20N2S. The zero-order valence-electron chi connectivity index (χ0n) is 10.1. The van der Waals surface area contributed by atoms with Crippen LogP contribution in [0.1, 0.15) is 25.3 Å². The quantitative estimate of drug-likeness (QED) is 0.818. The molecule has 1 unspecified atom stereocenters. The van der Waals surface area contributed by atoms with Crippen LogP contribution in [0.15, 0.2) is 23.1 Å². The van der Waals surface area contributed by atoms with Gasteiger partial charge in [0.1, 0.15) is 0 Å². The molecule has 0 radical (unpaired) electrons. The third-order valence-electron chi connectivity index (χ3n) is 3.39. The van der Waals surface area contributed by atoms with E-state index in [-0.39, 0.29) is 0 Å². The summed E-state index contributed by atoms with van der Waals surface area (Å²) in [5.41, 5.74) is 8.56. The predicted octanol–water partition coefficient (Wildman–Crippen LogP) is 2.86. The highest BCUT2D eigenvalue weighted by atomic mass is 32.2. The Hall–Kier alpha value is -0.670. The van der Waals surface area contributed by atoms with Crippen molar-refractivity contribution in [3.63, 3.8) is 0 Å². The number of hydrogen-bond acceptors (Lipinski definition) is 3. The van der Waals surface area contributed by atoms with Gasteiger partial charge in [-0.05, 0) is 38.2 Å². The largest absolute Gasteiger partial charge is 0.369 e. The molecule has 3 heteroatoms. The second kappa shape index (κ2) is 5.11. The Morgan fingerprint density at radius 1 is 1.50 bits per heavy atom. The Morgan fingerprint density at radius 3 is 2.88 bits per heavy atom. The molecule has 1 aromatic rings. The molecule has 1 aliphatic heterocycles. The van der Waals surface area contributed by atoms with Gasteiger partial charge in [-0.15, -0.1) is 11.8 Å². The van der Waals surface area contributed by atoms with Gasteiger partial charge in [0.15, 0.2) is 0 Å². The van der Waals surface area contributed by atoms with Crippen LogP contribution in [0.3, 0.4) is 0 Å². The number of anilines is 1. The molecule has 1 saturated heterocycles. The smallest absolute Gasteiger partial charge is 0.0425 e. The Bertz CT molecular complexity index is 365. The molecule has 0 saturated carbocycles. The Labute approximate surface area is 102 Å². The van der Waals surface area contributed by atoms with Gasteiger partial charge < -0.3 is 10.6 Å². The second-order valence-corrected chi connectivity index (χ2v) is 5.19. The van der Waals surface area contributed by atoms with E-state index in [2.05, 4.69) is 36.3 Å². The summed E-state index contributed by atoms with van der Waals surface area (Å²) in [5, 5.41) is 0. The van der Waals surface area contributed by atoms with Crippen LogP contribution in [0.25, 0.3) is 0 Å². The fraction of sp³-hybridized carbons (Fsp3) is 0.538. The average molecular weight is 236 g/mol. The first kappa shape index (κ1) is 11.8. The fourth-order valence-corrected chi connectivity index (χ4v) is 3.16. The van der Waals surface area contributed by atoms with E-state index in [0.29, 0.717) is 12.6 Å². The first-order valence-electron chi connectivity index (χ1n) is 5.90. The molecule has 0 spiro atoms. The van der Waals surface area contributed by atoms with Gasteiger partial charge in [0.05, 0.1) is 0 Å². The van der Waals surface area contributed by atoms with Crippen LogP contribution in [-0.2, 0) is 6.54 Å². The van der Waals surface area contributed by atoms with Crippen molar-refractivity contribution >= 4 is 17.4 Å². The maximum atomic E-state index is 5.90. The van der Waals surface area contributed by atoms with Crippen LogP contribution < -0.4 is 10.6 Å². The molecule has 16 heavy (non-hydrogen) atoms. The number of nitrogens with two attached hydrogens (primary N) is 1. The van der Waals surface area contributed by atoms with Crippen molar-refractivity contribution in [2.75, 3.05) is 17.7 Å². The maximum absolute atomic E-state index is 5.90. The van der Waals surface area contributed by atoms with E-state index in [4.69, 9.17) is 5.73 Å². The summed E-state index contributed by atoms with van der Waals surface area (Å²) in [6, 6.07) is 7.18. The Balaban J connectivity index is 2.39. The predicted molar refractivity (Wildman–Crippen MR) is 72.2 cm³/mol. The van der Waals surface area contributed by atoms with Crippen LogP contribution in [0.2, 0.25) is 0 Å². The van der Waals surface area contributed by atoms with Crippen LogP contribution in [0.5, 0.6) is 0 Å². The van der Waals surface area contributed by atoms with Gasteiger partial charge in [-0.25, -0.2) is 0 Å².